The quantitative estimate of drug-likeness (QED) is 0.540. The molecule has 1 rings (SSSR count). The molecule has 0 aromatic rings. The van der Waals surface area contributed by atoms with Crippen LogP contribution in [0.25, 0.3) is 0 Å². The van der Waals surface area contributed by atoms with Crippen molar-refractivity contribution in [1.82, 2.24) is 0 Å². The molecule has 0 amide bonds. The van der Waals surface area contributed by atoms with Crippen molar-refractivity contribution >= 4 is 0 Å². The fourth-order valence-corrected chi connectivity index (χ4v) is 2.28. The molecule has 0 bridgehead atoms. The Labute approximate surface area is 70.7 Å². The largest absolute Gasteiger partial charge is 0.103 e. The first-order valence-electron chi connectivity index (χ1n) is 5.01. The van der Waals surface area contributed by atoms with E-state index in [1.54, 1.807) is 0 Å². The van der Waals surface area contributed by atoms with Gasteiger partial charge in [0.1, 0.15) is 0 Å². The zero-order valence-corrected chi connectivity index (χ0v) is 7.68. The molecule has 2 atom stereocenters. The van der Waals surface area contributed by atoms with E-state index < -0.39 is 0 Å². The lowest BCUT2D eigenvalue weighted by Crippen LogP contribution is -2.16. The molecule has 2 unspecified atom stereocenters. The van der Waals surface area contributed by atoms with Gasteiger partial charge in [0, 0.05) is 0 Å². The van der Waals surface area contributed by atoms with Crippen molar-refractivity contribution < 1.29 is 0 Å². The zero-order chi connectivity index (χ0) is 8.10. The molecule has 64 valence electrons. The third kappa shape index (κ3) is 2.36. The molecule has 11 heavy (non-hydrogen) atoms. The smallest absolute Gasteiger partial charge is 0.0208 e. The number of hydrogen-bond acceptors (Lipinski definition) is 0. The Morgan fingerprint density at radius 3 is 2.73 bits per heavy atom. The Bertz CT molecular complexity index is 113. The van der Waals surface area contributed by atoms with Crippen LogP contribution in [0.3, 0.4) is 0 Å². The monoisotopic (exact) mass is 152 g/mol. The van der Waals surface area contributed by atoms with Crippen LogP contribution >= 0.6 is 0 Å². The van der Waals surface area contributed by atoms with Gasteiger partial charge in [0.05, 0.1) is 0 Å². The summed E-state index contributed by atoms with van der Waals surface area (Å²) >= 11 is 0. The molecular formula is C11H20. The van der Waals surface area contributed by atoms with Crippen LogP contribution in [0.1, 0.15) is 45.4 Å². The van der Waals surface area contributed by atoms with Crippen molar-refractivity contribution in [2.24, 2.45) is 11.8 Å². The van der Waals surface area contributed by atoms with Gasteiger partial charge in [-0.3, -0.25) is 0 Å². The Kier molecular flexibility index (Phi) is 3.68. The molecular weight excluding hydrogens is 132 g/mol. The van der Waals surface area contributed by atoms with Gasteiger partial charge in [-0.25, -0.2) is 0 Å². The van der Waals surface area contributed by atoms with Crippen LogP contribution in [0.2, 0.25) is 0 Å². The summed E-state index contributed by atoms with van der Waals surface area (Å²) in [6.07, 6.45) is 10.7. The van der Waals surface area contributed by atoms with E-state index in [9.17, 15) is 0 Å². The molecule has 0 radical (unpaired) electrons. The van der Waals surface area contributed by atoms with Gasteiger partial charge in [-0.1, -0.05) is 38.7 Å². The number of allylic oxidation sites excluding steroid dienone is 1. The lowest BCUT2D eigenvalue weighted by atomic mass is 9.77. The van der Waals surface area contributed by atoms with Crippen LogP contribution in [0.4, 0.5) is 0 Å². The molecule has 0 N–H and O–H groups in total. The first kappa shape index (κ1) is 8.83. The summed E-state index contributed by atoms with van der Waals surface area (Å²) in [4.78, 5) is 0. The van der Waals surface area contributed by atoms with Gasteiger partial charge in [-0.2, -0.15) is 0 Å². The zero-order valence-electron chi connectivity index (χ0n) is 7.68. The molecule has 0 nitrogen and oxygen atoms in total. The second-order valence-corrected chi connectivity index (χ2v) is 3.73. The summed E-state index contributed by atoms with van der Waals surface area (Å²) in [5.41, 5.74) is 0. The van der Waals surface area contributed by atoms with Gasteiger partial charge in [-0.15, -0.1) is 6.58 Å². The third-order valence-corrected chi connectivity index (χ3v) is 2.93. The normalized spacial score (nSPS) is 31.7. The predicted octanol–water partition coefficient (Wildman–Crippen LogP) is 3.78. The van der Waals surface area contributed by atoms with Crippen LogP contribution in [0.5, 0.6) is 0 Å². The van der Waals surface area contributed by atoms with Crippen molar-refractivity contribution in [3.8, 4) is 0 Å². The standard InChI is InChI=1S/C11H20/c1-3-7-11-9-6-5-8-10(11)4-2/h4,10-11H,2-3,5-9H2,1H3. The van der Waals surface area contributed by atoms with Crippen molar-refractivity contribution in [2.45, 2.75) is 45.4 Å². The average Bonchev–Trinajstić information content (AvgIpc) is 2.06. The van der Waals surface area contributed by atoms with E-state index >= 15 is 0 Å². The SMILES string of the molecule is C=CC1CCCCC1CCC. The van der Waals surface area contributed by atoms with Crippen molar-refractivity contribution in [2.75, 3.05) is 0 Å². The molecule has 1 aliphatic carbocycles. The van der Waals surface area contributed by atoms with Crippen molar-refractivity contribution in [3.05, 3.63) is 12.7 Å². The Morgan fingerprint density at radius 1 is 1.36 bits per heavy atom. The minimum absolute atomic E-state index is 0.837. The second kappa shape index (κ2) is 4.58. The van der Waals surface area contributed by atoms with E-state index in [1.165, 1.54) is 38.5 Å². The molecule has 1 saturated carbocycles. The highest BCUT2D eigenvalue weighted by atomic mass is 14.3. The first-order chi connectivity index (χ1) is 5.38. The van der Waals surface area contributed by atoms with Crippen molar-refractivity contribution in [3.63, 3.8) is 0 Å². The van der Waals surface area contributed by atoms with Gasteiger partial charge < -0.3 is 0 Å². The highest BCUT2D eigenvalue weighted by Gasteiger charge is 2.20. The molecule has 0 aliphatic heterocycles. The fourth-order valence-electron chi connectivity index (χ4n) is 2.28. The van der Waals surface area contributed by atoms with E-state index in [-0.39, 0.29) is 0 Å². The van der Waals surface area contributed by atoms with Gasteiger partial charge in [-0.05, 0) is 24.7 Å². The molecule has 0 heterocycles. The van der Waals surface area contributed by atoms with E-state index in [2.05, 4.69) is 19.6 Å². The van der Waals surface area contributed by atoms with Gasteiger partial charge in [0.25, 0.3) is 0 Å². The van der Waals surface area contributed by atoms with Crippen LogP contribution in [-0.2, 0) is 0 Å². The van der Waals surface area contributed by atoms with Crippen LogP contribution in [0, 0.1) is 11.8 Å². The number of rotatable bonds is 3. The molecule has 0 heteroatoms. The lowest BCUT2D eigenvalue weighted by Gasteiger charge is -2.28. The van der Waals surface area contributed by atoms with Gasteiger partial charge in [0.15, 0.2) is 0 Å². The lowest BCUT2D eigenvalue weighted by molar-refractivity contribution is 0.267. The van der Waals surface area contributed by atoms with Crippen molar-refractivity contribution in [1.29, 1.82) is 0 Å². The average molecular weight is 152 g/mol. The fraction of sp³-hybridized carbons (Fsp3) is 0.818. The Hall–Kier alpha value is -0.260. The van der Waals surface area contributed by atoms with E-state index in [4.69, 9.17) is 0 Å². The highest BCUT2D eigenvalue weighted by Crippen LogP contribution is 2.33. The highest BCUT2D eigenvalue weighted by molar-refractivity contribution is 4.87. The summed E-state index contributed by atoms with van der Waals surface area (Å²) in [6.45, 7) is 6.20. The molecule has 0 aromatic heterocycles. The maximum atomic E-state index is 3.92. The predicted molar refractivity (Wildman–Crippen MR) is 50.6 cm³/mol. The Balaban J connectivity index is 2.37. The summed E-state index contributed by atoms with van der Waals surface area (Å²) < 4.78 is 0. The first-order valence-corrected chi connectivity index (χ1v) is 5.01. The van der Waals surface area contributed by atoms with E-state index in [1.807, 2.05) is 0 Å². The maximum Gasteiger partial charge on any atom is -0.0208 e. The molecule has 0 saturated heterocycles. The minimum atomic E-state index is 0.837. The molecule has 1 aliphatic rings. The summed E-state index contributed by atoms with van der Waals surface area (Å²) in [6, 6.07) is 0. The van der Waals surface area contributed by atoms with Crippen LogP contribution in [-0.4, -0.2) is 0 Å². The van der Waals surface area contributed by atoms with Gasteiger partial charge >= 0.3 is 0 Å². The number of hydrogen-bond donors (Lipinski definition) is 0. The second-order valence-electron chi connectivity index (χ2n) is 3.73. The Morgan fingerprint density at radius 2 is 2.09 bits per heavy atom. The summed E-state index contributed by atoms with van der Waals surface area (Å²) in [5, 5.41) is 0. The van der Waals surface area contributed by atoms with E-state index in [0.717, 1.165) is 11.8 Å². The molecule has 0 aromatic carbocycles. The van der Waals surface area contributed by atoms with E-state index in [0.29, 0.717) is 0 Å². The summed E-state index contributed by atoms with van der Waals surface area (Å²) in [7, 11) is 0. The third-order valence-electron chi connectivity index (χ3n) is 2.93. The molecule has 1 fully saturated rings. The van der Waals surface area contributed by atoms with Crippen LogP contribution < -0.4 is 0 Å². The van der Waals surface area contributed by atoms with Gasteiger partial charge in [0.2, 0.25) is 0 Å². The summed E-state index contributed by atoms with van der Waals surface area (Å²) in [5.74, 6) is 1.80. The maximum absolute atomic E-state index is 3.92. The van der Waals surface area contributed by atoms with Crippen LogP contribution in [0.15, 0.2) is 12.7 Å². The topological polar surface area (TPSA) is 0 Å². The molecule has 0 spiro atoms. The minimum Gasteiger partial charge on any atom is -0.103 e.